The fourth-order valence-corrected chi connectivity index (χ4v) is 2.25. The smallest absolute Gasteiger partial charge is 0.257 e. The van der Waals surface area contributed by atoms with Gasteiger partial charge in [-0.25, -0.2) is 0 Å². The second-order valence-corrected chi connectivity index (χ2v) is 5.53. The number of nitrogens with one attached hydrogen (secondary N) is 2. The molecule has 0 aliphatic heterocycles. The molecule has 4 N–H and O–H groups in total. The van der Waals surface area contributed by atoms with Crippen molar-refractivity contribution >= 4 is 29.9 Å². The molecule has 0 radical (unpaired) electrons. The lowest BCUT2D eigenvalue weighted by atomic mass is 10.1. The van der Waals surface area contributed by atoms with Gasteiger partial charge in [-0.15, -0.1) is 12.4 Å². The molecular formula is C19H24ClN3O4. The van der Waals surface area contributed by atoms with E-state index < -0.39 is 0 Å². The number of hydrogen-bond acceptors (Lipinski definition) is 5. The third-order valence-electron chi connectivity index (χ3n) is 3.59. The molecule has 2 amide bonds. The molecule has 0 atom stereocenters. The number of nitrogen functional groups attached to an aromatic ring is 1. The molecule has 2 aromatic carbocycles. The average molecular weight is 394 g/mol. The van der Waals surface area contributed by atoms with Crippen molar-refractivity contribution in [2.75, 3.05) is 26.0 Å². The molecular weight excluding hydrogens is 370 g/mol. The first-order valence-corrected chi connectivity index (χ1v) is 8.23. The van der Waals surface area contributed by atoms with Crippen molar-refractivity contribution in [3.05, 3.63) is 53.6 Å². The Balaban J connectivity index is 0.00000364. The first-order chi connectivity index (χ1) is 12.5. The zero-order valence-electron chi connectivity index (χ0n) is 15.3. The van der Waals surface area contributed by atoms with E-state index in [4.69, 9.17) is 15.2 Å². The lowest BCUT2D eigenvalue weighted by Gasteiger charge is -2.12. The van der Waals surface area contributed by atoms with Crippen LogP contribution in [0.1, 0.15) is 22.8 Å². The standard InChI is InChI=1S/C19H23N3O4.ClH/c1-3-21-18(23)12-26-16-9-4-13(10-17(16)25-2)11-22-19(24)14-5-7-15(20)8-6-14;/h4-10H,3,11-12,20H2,1-2H3,(H,21,23)(H,22,24);1H. The van der Waals surface area contributed by atoms with Crippen LogP contribution in [0.3, 0.4) is 0 Å². The highest BCUT2D eigenvalue weighted by molar-refractivity contribution is 5.94. The molecule has 0 saturated carbocycles. The summed E-state index contributed by atoms with van der Waals surface area (Å²) in [5, 5.41) is 5.49. The van der Waals surface area contributed by atoms with Crippen molar-refractivity contribution < 1.29 is 19.1 Å². The van der Waals surface area contributed by atoms with E-state index in [1.54, 1.807) is 42.5 Å². The number of halogens is 1. The Hall–Kier alpha value is -2.93. The van der Waals surface area contributed by atoms with Crippen LogP contribution in [-0.4, -0.2) is 32.1 Å². The minimum absolute atomic E-state index is 0. The predicted octanol–water partition coefficient (Wildman–Crippen LogP) is 2.14. The molecule has 0 aromatic heterocycles. The summed E-state index contributed by atoms with van der Waals surface area (Å²) in [6.07, 6.45) is 0. The van der Waals surface area contributed by atoms with Gasteiger partial charge in [0.15, 0.2) is 18.1 Å². The average Bonchev–Trinajstić information content (AvgIpc) is 2.65. The van der Waals surface area contributed by atoms with Gasteiger partial charge in [0, 0.05) is 24.3 Å². The maximum atomic E-state index is 12.1. The molecule has 0 fully saturated rings. The lowest BCUT2D eigenvalue weighted by molar-refractivity contribution is -0.123. The highest BCUT2D eigenvalue weighted by atomic mass is 35.5. The van der Waals surface area contributed by atoms with Gasteiger partial charge in [-0.1, -0.05) is 6.07 Å². The summed E-state index contributed by atoms with van der Waals surface area (Å²) in [6.45, 7) is 2.63. The number of nitrogens with two attached hydrogens (primary N) is 1. The van der Waals surface area contributed by atoms with E-state index in [0.29, 0.717) is 35.8 Å². The van der Waals surface area contributed by atoms with E-state index >= 15 is 0 Å². The topological polar surface area (TPSA) is 103 Å². The van der Waals surface area contributed by atoms with Gasteiger partial charge in [-0.05, 0) is 48.9 Å². The van der Waals surface area contributed by atoms with E-state index in [1.165, 1.54) is 7.11 Å². The monoisotopic (exact) mass is 393 g/mol. The second kappa shape index (κ2) is 10.9. The summed E-state index contributed by atoms with van der Waals surface area (Å²) in [7, 11) is 1.52. The Morgan fingerprint density at radius 3 is 2.37 bits per heavy atom. The number of methoxy groups -OCH3 is 1. The molecule has 7 nitrogen and oxygen atoms in total. The first kappa shape index (κ1) is 22.1. The van der Waals surface area contributed by atoms with Crippen molar-refractivity contribution in [3.63, 3.8) is 0 Å². The van der Waals surface area contributed by atoms with E-state index in [1.807, 2.05) is 6.92 Å². The van der Waals surface area contributed by atoms with Gasteiger partial charge in [0.1, 0.15) is 0 Å². The molecule has 0 unspecified atom stereocenters. The Morgan fingerprint density at radius 1 is 1.04 bits per heavy atom. The molecule has 0 aliphatic carbocycles. The summed E-state index contributed by atoms with van der Waals surface area (Å²) in [5.41, 5.74) is 7.60. The van der Waals surface area contributed by atoms with Gasteiger partial charge in [0.25, 0.3) is 11.8 Å². The summed E-state index contributed by atoms with van der Waals surface area (Å²) in [6, 6.07) is 12.0. The second-order valence-electron chi connectivity index (χ2n) is 5.53. The molecule has 146 valence electrons. The van der Waals surface area contributed by atoms with Crippen LogP contribution in [0.5, 0.6) is 11.5 Å². The number of likely N-dealkylation sites (N-methyl/N-ethyl adjacent to an activating group) is 1. The fraction of sp³-hybridized carbons (Fsp3) is 0.263. The Bertz CT molecular complexity index is 766. The largest absolute Gasteiger partial charge is 0.493 e. The number of anilines is 1. The molecule has 27 heavy (non-hydrogen) atoms. The highest BCUT2D eigenvalue weighted by Gasteiger charge is 2.10. The molecule has 8 heteroatoms. The van der Waals surface area contributed by atoms with Gasteiger partial charge in [0.2, 0.25) is 0 Å². The zero-order chi connectivity index (χ0) is 18.9. The van der Waals surface area contributed by atoms with Gasteiger partial charge in [-0.3, -0.25) is 9.59 Å². The minimum atomic E-state index is -0.200. The molecule has 0 spiro atoms. The lowest BCUT2D eigenvalue weighted by Crippen LogP contribution is -2.28. The number of rotatable bonds is 8. The number of carbonyl (C=O) groups is 2. The normalized spacial score (nSPS) is 9.70. The van der Waals surface area contributed by atoms with Crippen molar-refractivity contribution in [2.24, 2.45) is 0 Å². The number of hydrogen-bond donors (Lipinski definition) is 3. The quantitative estimate of drug-likeness (QED) is 0.596. The van der Waals surface area contributed by atoms with Crippen molar-refractivity contribution in [2.45, 2.75) is 13.5 Å². The van der Waals surface area contributed by atoms with Gasteiger partial charge in [0.05, 0.1) is 7.11 Å². The number of ether oxygens (including phenoxy) is 2. The zero-order valence-corrected chi connectivity index (χ0v) is 16.1. The van der Waals surface area contributed by atoms with Crippen molar-refractivity contribution in [1.29, 1.82) is 0 Å². The third kappa shape index (κ3) is 6.71. The SMILES string of the molecule is CCNC(=O)COc1ccc(CNC(=O)c2ccc(N)cc2)cc1OC.Cl. The van der Waals surface area contributed by atoms with Crippen molar-refractivity contribution in [1.82, 2.24) is 10.6 Å². The van der Waals surface area contributed by atoms with Gasteiger partial charge >= 0.3 is 0 Å². The molecule has 2 rings (SSSR count). The van der Waals surface area contributed by atoms with Crippen LogP contribution in [-0.2, 0) is 11.3 Å². The predicted molar refractivity (Wildman–Crippen MR) is 106 cm³/mol. The summed E-state index contributed by atoms with van der Waals surface area (Å²) in [5.74, 6) is 0.566. The van der Waals surface area contributed by atoms with E-state index in [-0.39, 0.29) is 30.8 Å². The third-order valence-corrected chi connectivity index (χ3v) is 3.59. The van der Waals surface area contributed by atoms with Crippen LogP contribution in [0.2, 0.25) is 0 Å². The molecule has 2 aromatic rings. The fourth-order valence-electron chi connectivity index (χ4n) is 2.25. The van der Waals surface area contributed by atoms with Crippen LogP contribution < -0.4 is 25.8 Å². The van der Waals surface area contributed by atoms with Crippen LogP contribution in [0.25, 0.3) is 0 Å². The van der Waals surface area contributed by atoms with Crippen molar-refractivity contribution in [3.8, 4) is 11.5 Å². The van der Waals surface area contributed by atoms with Gasteiger partial charge in [-0.2, -0.15) is 0 Å². The Kier molecular flexibility index (Phi) is 8.95. The molecule has 0 bridgehead atoms. The Labute approximate surface area is 164 Å². The molecule has 0 saturated heterocycles. The molecule has 0 heterocycles. The van der Waals surface area contributed by atoms with Crippen LogP contribution in [0.4, 0.5) is 5.69 Å². The van der Waals surface area contributed by atoms with Crippen LogP contribution in [0.15, 0.2) is 42.5 Å². The summed E-state index contributed by atoms with van der Waals surface area (Å²) >= 11 is 0. The summed E-state index contributed by atoms with van der Waals surface area (Å²) in [4.78, 5) is 23.6. The maximum Gasteiger partial charge on any atom is 0.257 e. The maximum absolute atomic E-state index is 12.1. The minimum Gasteiger partial charge on any atom is -0.493 e. The van der Waals surface area contributed by atoms with Crippen LogP contribution >= 0.6 is 12.4 Å². The summed E-state index contributed by atoms with van der Waals surface area (Å²) < 4.78 is 10.8. The van der Waals surface area contributed by atoms with E-state index in [2.05, 4.69) is 10.6 Å². The number of carbonyl (C=O) groups excluding carboxylic acids is 2. The van der Waals surface area contributed by atoms with E-state index in [9.17, 15) is 9.59 Å². The van der Waals surface area contributed by atoms with Gasteiger partial charge < -0.3 is 25.8 Å². The first-order valence-electron chi connectivity index (χ1n) is 8.23. The Morgan fingerprint density at radius 2 is 1.74 bits per heavy atom. The van der Waals surface area contributed by atoms with Crippen LogP contribution in [0, 0.1) is 0 Å². The number of amides is 2. The highest BCUT2D eigenvalue weighted by Crippen LogP contribution is 2.28. The molecule has 0 aliphatic rings. The number of benzene rings is 2. The van der Waals surface area contributed by atoms with E-state index in [0.717, 1.165) is 5.56 Å².